The first-order valence-corrected chi connectivity index (χ1v) is 10.5. The molecule has 0 unspecified atom stereocenters. The Labute approximate surface area is 114 Å². The molecule has 0 aliphatic heterocycles. The minimum absolute atomic E-state index is 0.0373. The fourth-order valence-electron chi connectivity index (χ4n) is 1.64. The van der Waals surface area contributed by atoms with E-state index >= 15 is 0 Å². The van der Waals surface area contributed by atoms with Gasteiger partial charge in [0.2, 0.25) is 0 Å². The summed E-state index contributed by atoms with van der Waals surface area (Å²) in [5.41, 5.74) is 2.41. The summed E-state index contributed by atoms with van der Waals surface area (Å²) in [5, 5.41) is 3.46. The van der Waals surface area contributed by atoms with Crippen LogP contribution in [0.5, 0.6) is 0 Å². The minimum atomic E-state index is -0.996. The second kappa shape index (κ2) is 10.7. The predicted octanol–water partition coefficient (Wildman–Crippen LogP) is 3.19. The quantitative estimate of drug-likeness (QED) is 0.356. The van der Waals surface area contributed by atoms with Crippen LogP contribution in [0.3, 0.4) is 0 Å². The van der Waals surface area contributed by atoms with Crippen molar-refractivity contribution < 1.29 is 9.47 Å². The smallest absolute Gasteiger partial charge is 0.156 e. The molecule has 0 bridgehead atoms. The maximum atomic E-state index is 5.14. The lowest BCUT2D eigenvalue weighted by Crippen LogP contribution is -2.18. The van der Waals surface area contributed by atoms with Gasteiger partial charge in [-0.1, -0.05) is 31.4 Å². The number of unbranched alkanes of at least 4 members (excludes halogenated alkanes) is 1. The number of hydrogen-bond acceptors (Lipinski definition) is 3. The van der Waals surface area contributed by atoms with Crippen LogP contribution in [0.15, 0.2) is 11.8 Å². The van der Waals surface area contributed by atoms with Gasteiger partial charge in [-0.2, -0.15) is 0 Å². The summed E-state index contributed by atoms with van der Waals surface area (Å²) in [5.74, 6) is 0. The van der Waals surface area contributed by atoms with Crippen molar-refractivity contribution in [2.24, 2.45) is 0 Å². The molecule has 0 aromatic heterocycles. The number of methoxy groups -OCH3 is 2. The second-order valence-electron chi connectivity index (χ2n) is 5.70. The Morgan fingerprint density at radius 1 is 1.06 bits per heavy atom. The van der Waals surface area contributed by atoms with Crippen LogP contribution in [0.1, 0.15) is 25.7 Å². The zero-order chi connectivity index (χ0) is 13.9. The van der Waals surface area contributed by atoms with E-state index < -0.39 is 8.07 Å². The average molecular weight is 273 g/mol. The molecule has 0 aliphatic carbocycles. The van der Waals surface area contributed by atoms with E-state index in [4.69, 9.17) is 9.47 Å². The van der Waals surface area contributed by atoms with Crippen molar-refractivity contribution in [3.05, 3.63) is 11.8 Å². The molecule has 0 saturated carbocycles. The summed E-state index contributed by atoms with van der Waals surface area (Å²) in [4.78, 5) is 0. The first kappa shape index (κ1) is 17.8. The lowest BCUT2D eigenvalue weighted by atomic mass is 10.2. The molecule has 0 aromatic rings. The monoisotopic (exact) mass is 273 g/mol. The molecule has 0 atom stereocenters. The Hall–Kier alpha value is -0.163. The zero-order valence-corrected chi connectivity index (χ0v) is 13.8. The highest BCUT2D eigenvalue weighted by Gasteiger charge is 2.06. The molecule has 0 rings (SSSR count). The van der Waals surface area contributed by atoms with Crippen molar-refractivity contribution in [1.82, 2.24) is 5.32 Å². The molecule has 0 heterocycles. The lowest BCUT2D eigenvalue weighted by Gasteiger charge is -2.12. The molecule has 4 heteroatoms. The van der Waals surface area contributed by atoms with Crippen molar-refractivity contribution in [1.29, 1.82) is 0 Å². The predicted molar refractivity (Wildman–Crippen MR) is 81.6 cm³/mol. The van der Waals surface area contributed by atoms with Crippen LogP contribution in [0.4, 0.5) is 0 Å². The highest BCUT2D eigenvalue weighted by molar-refractivity contribution is 6.80. The fraction of sp³-hybridized carbons (Fsp3) is 0.857. The van der Waals surface area contributed by atoms with Crippen LogP contribution in [0, 0.1) is 0 Å². The molecule has 0 saturated heterocycles. The van der Waals surface area contributed by atoms with E-state index in [1.54, 1.807) is 14.2 Å². The molecule has 0 aliphatic rings. The van der Waals surface area contributed by atoms with Crippen molar-refractivity contribution in [3.63, 3.8) is 0 Å². The minimum Gasteiger partial charge on any atom is -0.356 e. The molecule has 1 N–H and O–H groups in total. The summed E-state index contributed by atoms with van der Waals surface area (Å²) >= 11 is 0. The van der Waals surface area contributed by atoms with E-state index in [2.05, 4.69) is 36.7 Å². The maximum absolute atomic E-state index is 5.14. The standard InChI is InChI=1S/C14H31NO2Si/c1-16-14(17-2)10-6-7-11-15-12-8-9-13-18(3,4)5/h9,13-15H,6-8,10-12H2,1-5H3/b13-9+. The van der Waals surface area contributed by atoms with Crippen molar-refractivity contribution >= 4 is 8.07 Å². The molecular weight excluding hydrogens is 242 g/mol. The molecule has 0 aromatic carbocycles. The summed E-state index contributed by atoms with van der Waals surface area (Å²) < 4.78 is 10.3. The largest absolute Gasteiger partial charge is 0.356 e. The summed E-state index contributed by atoms with van der Waals surface area (Å²) in [7, 11) is 2.39. The van der Waals surface area contributed by atoms with Crippen LogP contribution in [0.25, 0.3) is 0 Å². The van der Waals surface area contributed by atoms with E-state index in [0.717, 1.165) is 32.4 Å². The van der Waals surface area contributed by atoms with Gasteiger partial charge in [-0.05, 0) is 38.8 Å². The molecule has 3 nitrogen and oxygen atoms in total. The topological polar surface area (TPSA) is 30.5 Å². The number of ether oxygens (including phenoxy) is 2. The fourth-order valence-corrected chi connectivity index (χ4v) is 2.51. The average Bonchev–Trinajstić information content (AvgIpc) is 2.30. The first-order chi connectivity index (χ1) is 8.49. The number of nitrogens with one attached hydrogen (secondary N) is 1. The van der Waals surface area contributed by atoms with Crippen LogP contribution >= 0.6 is 0 Å². The summed E-state index contributed by atoms with van der Waals surface area (Å²) in [6.45, 7) is 9.25. The van der Waals surface area contributed by atoms with Gasteiger partial charge in [0.25, 0.3) is 0 Å². The lowest BCUT2D eigenvalue weighted by molar-refractivity contribution is -0.107. The molecule has 0 amide bonds. The van der Waals surface area contributed by atoms with Gasteiger partial charge in [0.15, 0.2) is 6.29 Å². The SMILES string of the molecule is COC(CCCCNCC/C=C/[Si](C)(C)C)OC. The van der Waals surface area contributed by atoms with Crippen molar-refractivity contribution in [2.45, 2.75) is 51.6 Å². The molecular formula is C14H31NO2Si. The van der Waals surface area contributed by atoms with Gasteiger partial charge in [0.05, 0.1) is 8.07 Å². The van der Waals surface area contributed by atoms with Crippen LogP contribution in [-0.4, -0.2) is 41.7 Å². The maximum Gasteiger partial charge on any atom is 0.156 e. The van der Waals surface area contributed by atoms with Crippen LogP contribution in [0.2, 0.25) is 19.6 Å². The first-order valence-electron chi connectivity index (χ1n) is 6.93. The Kier molecular flexibility index (Phi) is 10.6. The Morgan fingerprint density at radius 2 is 1.72 bits per heavy atom. The molecule has 18 heavy (non-hydrogen) atoms. The van der Waals surface area contributed by atoms with Gasteiger partial charge in [0, 0.05) is 14.2 Å². The highest BCUT2D eigenvalue weighted by atomic mass is 28.3. The number of hydrogen-bond donors (Lipinski definition) is 1. The van der Waals surface area contributed by atoms with E-state index in [9.17, 15) is 0 Å². The van der Waals surface area contributed by atoms with Crippen LogP contribution < -0.4 is 5.32 Å². The van der Waals surface area contributed by atoms with Crippen molar-refractivity contribution in [2.75, 3.05) is 27.3 Å². The highest BCUT2D eigenvalue weighted by Crippen LogP contribution is 2.04. The molecule has 0 spiro atoms. The normalized spacial score (nSPS) is 12.8. The van der Waals surface area contributed by atoms with Gasteiger partial charge < -0.3 is 14.8 Å². The van der Waals surface area contributed by atoms with Gasteiger partial charge in [-0.25, -0.2) is 0 Å². The van der Waals surface area contributed by atoms with Gasteiger partial charge in [-0.15, -0.1) is 0 Å². The third-order valence-electron chi connectivity index (χ3n) is 2.67. The van der Waals surface area contributed by atoms with E-state index in [-0.39, 0.29) is 6.29 Å². The van der Waals surface area contributed by atoms with E-state index in [1.165, 1.54) is 6.42 Å². The van der Waals surface area contributed by atoms with Gasteiger partial charge in [0.1, 0.15) is 0 Å². The van der Waals surface area contributed by atoms with Gasteiger partial charge >= 0.3 is 0 Å². The molecule has 108 valence electrons. The Bertz CT molecular complexity index is 210. The summed E-state index contributed by atoms with van der Waals surface area (Å²) in [6.07, 6.45) is 6.73. The Balaban J connectivity index is 3.29. The zero-order valence-electron chi connectivity index (χ0n) is 12.8. The van der Waals surface area contributed by atoms with Crippen molar-refractivity contribution in [3.8, 4) is 0 Å². The molecule has 0 fully saturated rings. The molecule has 0 radical (unpaired) electrons. The number of rotatable bonds is 11. The van der Waals surface area contributed by atoms with E-state index in [1.807, 2.05) is 0 Å². The third kappa shape index (κ3) is 12.3. The second-order valence-corrected chi connectivity index (χ2v) is 10.8. The summed E-state index contributed by atoms with van der Waals surface area (Å²) in [6, 6.07) is 0. The van der Waals surface area contributed by atoms with Gasteiger partial charge in [-0.3, -0.25) is 0 Å². The Morgan fingerprint density at radius 3 is 2.28 bits per heavy atom. The van der Waals surface area contributed by atoms with E-state index in [0.29, 0.717) is 0 Å². The van der Waals surface area contributed by atoms with Crippen LogP contribution in [-0.2, 0) is 9.47 Å². The third-order valence-corrected chi connectivity index (χ3v) is 3.91.